The Morgan fingerprint density at radius 1 is 1.06 bits per heavy atom. The van der Waals surface area contributed by atoms with Crippen LogP contribution in [0.4, 0.5) is 5.82 Å². The van der Waals surface area contributed by atoms with Crippen molar-refractivity contribution in [1.29, 1.82) is 0 Å². The molecule has 31 heavy (non-hydrogen) atoms. The van der Waals surface area contributed by atoms with Crippen LogP contribution in [0.2, 0.25) is 10.0 Å². The Morgan fingerprint density at radius 2 is 1.87 bits per heavy atom. The third-order valence-corrected chi connectivity index (χ3v) is 6.25. The van der Waals surface area contributed by atoms with E-state index in [1.807, 2.05) is 23.0 Å². The van der Waals surface area contributed by atoms with Crippen molar-refractivity contribution in [3.63, 3.8) is 0 Å². The van der Waals surface area contributed by atoms with Gasteiger partial charge in [-0.3, -0.25) is 4.90 Å². The van der Waals surface area contributed by atoms with Gasteiger partial charge in [-0.1, -0.05) is 29.3 Å². The SMILES string of the molecule is C[C@@H]1CN(Cc2cnc3c(c2)-c2ncnn2CN3Cc2ccc(Cl)cc2Cl)C[C@H](C)O1. The number of rotatable bonds is 4. The first-order valence-electron chi connectivity index (χ1n) is 10.4. The van der Waals surface area contributed by atoms with Gasteiger partial charge in [0.2, 0.25) is 0 Å². The Balaban J connectivity index is 1.44. The highest BCUT2D eigenvalue weighted by atomic mass is 35.5. The molecule has 2 atom stereocenters. The molecule has 162 valence electrons. The molecule has 1 fully saturated rings. The topological polar surface area (TPSA) is 59.3 Å². The molecule has 0 spiro atoms. The minimum atomic E-state index is 0.233. The molecule has 5 rings (SSSR count). The first-order chi connectivity index (χ1) is 15.0. The highest BCUT2D eigenvalue weighted by Gasteiger charge is 2.27. The summed E-state index contributed by atoms with van der Waals surface area (Å²) in [6.45, 7) is 8.07. The van der Waals surface area contributed by atoms with E-state index in [0.717, 1.165) is 48.0 Å². The molecule has 2 aliphatic heterocycles. The number of pyridine rings is 1. The monoisotopic (exact) mass is 458 g/mol. The van der Waals surface area contributed by atoms with Crippen LogP contribution in [0.15, 0.2) is 36.8 Å². The molecule has 2 aromatic heterocycles. The van der Waals surface area contributed by atoms with Crippen LogP contribution >= 0.6 is 23.2 Å². The number of hydrogen-bond acceptors (Lipinski definition) is 6. The van der Waals surface area contributed by atoms with E-state index in [1.54, 1.807) is 12.4 Å². The van der Waals surface area contributed by atoms with Gasteiger partial charge in [0.25, 0.3) is 0 Å². The lowest BCUT2D eigenvalue weighted by Gasteiger charge is -2.35. The molecule has 2 aliphatic rings. The predicted octanol–water partition coefficient (Wildman–Crippen LogP) is 4.23. The van der Waals surface area contributed by atoms with Crippen molar-refractivity contribution in [3.8, 4) is 11.4 Å². The second kappa shape index (κ2) is 8.39. The molecule has 0 bridgehead atoms. The molecule has 0 unspecified atom stereocenters. The van der Waals surface area contributed by atoms with Gasteiger partial charge in [0.1, 0.15) is 18.8 Å². The fraction of sp³-hybridized carbons (Fsp3) is 0.409. The van der Waals surface area contributed by atoms with Gasteiger partial charge < -0.3 is 9.64 Å². The molecule has 0 amide bonds. The summed E-state index contributed by atoms with van der Waals surface area (Å²) in [6, 6.07) is 7.76. The smallest absolute Gasteiger partial charge is 0.163 e. The van der Waals surface area contributed by atoms with Gasteiger partial charge in [-0.2, -0.15) is 5.10 Å². The molecule has 9 heteroatoms. The zero-order valence-corrected chi connectivity index (χ0v) is 19.0. The molecule has 7 nitrogen and oxygen atoms in total. The summed E-state index contributed by atoms with van der Waals surface area (Å²) in [5.74, 6) is 1.73. The maximum Gasteiger partial charge on any atom is 0.163 e. The molecule has 1 saturated heterocycles. The van der Waals surface area contributed by atoms with Gasteiger partial charge in [-0.15, -0.1) is 0 Å². The van der Waals surface area contributed by atoms with Crippen LogP contribution in [0.1, 0.15) is 25.0 Å². The van der Waals surface area contributed by atoms with Gasteiger partial charge in [-0.05, 0) is 43.2 Å². The number of hydrogen-bond donors (Lipinski definition) is 0. The second-order valence-electron chi connectivity index (χ2n) is 8.32. The average molecular weight is 459 g/mol. The van der Waals surface area contributed by atoms with E-state index in [-0.39, 0.29) is 12.2 Å². The van der Waals surface area contributed by atoms with Crippen molar-refractivity contribution in [3.05, 3.63) is 58.0 Å². The fourth-order valence-electron chi connectivity index (χ4n) is 4.46. The number of benzene rings is 1. The van der Waals surface area contributed by atoms with Crippen LogP contribution in [0.25, 0.3) is 11.4 Å². The summed E-state index contributed by atoms with van der Waals surface area (Å²) in [5, 5.41) is 5.67. The molecular formula is C22H24Cl2N6O. The maximum absolute atomic E-state index is 6.43. The first-order valence-corrected chi connectivity index (χ1v) is 11.2. The summed E-state index contributed by atoms with van der Waals surface area (Å²) >= 11 is 12.5. The lowest BCUT2D eigenvalue weighted by Crippen LogP contribution is -2.44. The van der Waals surface area contributed by atoms with E-state index >= 15 is 0 Å². The standard InChI is InChI=1S/C22H24Cl2N6O/c1-14-8-28(9-15(2)31-14)10-16-5-19-21(25-7-16)29(13-30-22(19)26-12-27-30)11-17-3-4-18(23)6-20(17)24/h3-7,12,14-15H,8-11,13H2,1-2H3/t14-,15+. The number of fused-ring (bicyclic) bond motifs is 3. The highest BCUT2D eigenvalue weighted by molar-refractivity contribution is 6.35. The zero-order chi connectivity index (χ0) is 21.5. The van der Waals surface area contributed by atoms with Crippen LogP contribution in [-0.2, 0) is 24.5 Å². The number of nitrogens with zero attached hydrogens (tertiary/aromatic N) is 6. The normalized spacial score (nSPS) is 21.1. The Hall–Kier alpha value is -2.19. The number of morpholine rings is 1. The first kappa shape index (κ1) is 20.7. The van der Waals surface area contributed by atoms with Gasteiger partial charge >= 0.3 is 0 Å². The largest absolute Gasteiger partial charge is 0.373 e. The van der Waals surface area contributed by atoms with Crippen molar-refractivity contribution in [2.45, 2.75) is 45.8 Å². The molecular weight excluding hydrogens is 435 g/mol. The average Bonchev–Trinajstić information content (AvgIpc) is 3.18. The summed E-state index contributed by atoms with van der Waals surface area (Å²) < 4.78 is 7.76. The van der Waals surface area contributed by atoms with Crippen LogP contribution in [0, 0.1) is 0 Å². The Morgan fingerprint density at radius 3 is 2.65 bits per heavy atom. The van der Waals surface area contributed by atoms with Crippen LogP contribution in [0.3, 0.4) is 0 Å². The second-order valence-corrected chi connectivity index (χ2v) is 9.17. The third-order valence-electron chi connectivity index (χ3n) is 5.66. The molecule has 0 aliphatic carbocycles. The maximum atomic E-state index is 6.43. The van der Waals surface area contributed by atoms with Crippen LogP contribution < -0.4 is 4.90 Å². The molecule has 1 aromatic carbocycles. The van der Waals surface area contributed by atoms with Crippen molar-refractivity contribution in [2.24, 2.45) is 0 Å². The van der Waals surface area contributed by atoms with Crippen LogP contribution in [-0.4, -0.2) is 49.9 Å². The summed E-state index contributed by atoms with van der Waals surface area (Å²) in [4.78, 5) is 13.9. The Labute approximate surface area is 191 Å². The quantitative estimate of drug-likeness (QED) is 0.582. The minimum Gasteiger partial charge on any atom is -0.373 e. The Bertz CT molecular complexity index is 1090. The molecule has 0 N–H and O–H groups in total. The number of aromatic nitrogens is 4. The van der Waals surface area contributed by atoms with E-state index in [0.29, 0.717) is 23.3 Å². The zero-order valence-electron chi connectivity index (χ0n) is 17.5. The Kier molecular flexibility index (Phi) is 5.60. The lowest BCUT2D eigenvalue weighted by atomic mass is 10.1. The number of halogens is 2. The van der Waals surface area contributed by atoms with Gasteiger partial charge in [0, 0.05) is 42.4 Å². The third kappa shape index (κ3) is 4.28. The number of anilines is 1. The van der Waals surface area contributed by atoms with Crippen molar-refractivity contribution in [1.82, 2.24) is 24.6 Å². The van der Waals surface area contributed by atoms with Gasteiger partial charge in [-0.25, -0.2) is 14.6 Å². The van der Waals surface area contributed by atoms with Gasteiger partial charge in [0.15, 0.2) is 5.82 Å². The van der Waals surface area contributed by atoms with Crippen molar-refractivity contribution < 1.29 is 4.74 Å². The minimum absolute atomic E-state index is 0.233. The lowest BCUT2D eigenvalue weighted by molar-refractivity contribution is -0.0705. The van der Waals surface area contributed by atoms with E-state index in [2.05, 4.69) is 39.8 Å². The van der Waals surface area contributed by atoms with E-state index in [9.17, 15) is 0 Å². The van der Waals surface area contributed by atoms with Crippen molar-refractivity contribution in [2.75, 3.05) is 18.0 Å². The summed E-state index contributed by atoms with van der Waals surface area (Å²) in [7, 11) is 0. The van der Waals surface area contributed by atoms with Gasteiger partial charge in [0.05, 0.1) is 17.8 Å². The van der Waals surface area contributed by atoms with E-state index < -0.39 is 0 Å². The number of ether oxygens (including phenoxy) is 1. The van der Waals surface area contributed by atoms with Crippen molar-refractivity contribution >= 4 is 29.0 Å². The molecule has 0 saturated carbocycles. The molecule has 4 heterocycles. The summed E-state index contributed by atoms with van der Waals surface area (Å²) in [5.41, 5.74) is 3.13. The molecule has 3 aromatic rings. The molecule has 0 radical (unpaired) electrons. The van der Waals surface area contributed by atoms with E-state index in [1.165, 1.54) is 0 Å². The van der Waals surface area contributed by atoms with Crippen LogP contribution in [0.5, 0.6) is 0 Å². The van der Waals surface area contributed by atoms with E-state index in [4.69, 9.17) is 32.9 Å². The summed E-state index contributed by atoms with van der Waals surface area (Å²) in [6.07, 6.45) is 4.02. The predicted molar refractivity (Wildman–Crippen MR) is 121 cm³/mol. The fourth-order valence-corrected chi connectivity index (χ4v) is 4.93. The highest BCUT2D eigenvalue weighted by Crippen LogP contribution is 2.35.